The van der Waals surface area contributed by atoms with Crippen LogP contribution < -0.4 is 10.5 Å². The van der Waals surface area contributed by atoms with Crippen molar-refractivity contribution in [1.29, 1.82) is 0 Å². The number of rotatable bonds is 4. The highest BCUT2D eigenvalue weighted by Gasteiger charge is 2.38. The quantitative estimate of drug-likeness (QED) is 0.860. The van der Waals surface area contributed by atoms with Crippen LogP contribution in [0.2, 0.25) is 0 Å². The van der Waals surface area contributed by atoms with Gasteiger partial charge >= 0.3 is 0 Å². The van der Waals surface area contributed by atoms with Crippen LogP contribution in [0.4, 0.5) is 0 Å². The summed E-state index contributed by atoms with van der Waals surface area (Å²) in [6.07, 6.45) is 2.21. The minimum absolute atomic E-state index is 0.0885. The van der Waals surface area contributed by atoms with Gasteiger partial charge in [0, 0.05) is 15.6 Å². The molecule has 0 aromatic heterocycles. The first-order valence-corrected chi connectivity index (χ1v) is 8.60. The summed E-state index contributed by atoms with van der Waals surface area (Å²) in [6.45, 7) is 3.95. The molecule has 0 heterocycles. The highest BCUT2D eigenvalue weighted by atomic mass is 79.9. The van der Waals surface area contributed by atoms with Crippen molar-refractivity contribution in [3.05, 3.63) is 28.2 Å². The number of hydrogen-bond donors (Lipinski definition) is 2. The zero-order valence-corrected chi connectivity index (χ0v) is 13.7. The average Bonchev–Trinajstić information content (AvgIpc) is 3.10. The van der Waals surface area contributed by atoms with Gasteiger partial charge in [-0.1, -0.05) is 0 Å². The van der Waals surface area contributed by atoms with E-state index in [9.17, 15) is 13.2 Å². The molecule has 1 aromatic carbocycles. The molecule has 0 atom stereocenters. The molecule has 1 aliphatic carbocycles. The van der Waals surface area contributed by atoms with Gasteiger partial charge in [0.05, 0.1) is 4.90 Å². The minimum Gasteiger partial charge on any atom is -0.347 e. The predicted molar refractivity (Wildman–Crippen MR) is 79.8 cm³/mol. The van der Waals surface area contributed by atoms with Crippen LogP contribution in [0.25, 0.3) is 0 Å². The lowest BCUT2D eigenvalue weighted by atomic mass is 9.98. The van der Waals surface area contributed by atoms with Gasteiger partial charge in [0.15, 0.2) is 0 Å². The summed E-state index contributed by atoms with van der Waals surface area (Å²) < 4.78 is 23.2. The van der Waals surface area contributed by atoms with Gasteiger partial charge in [0.25, 0.3) is 5.91 Å². The molecule has 7 heteroatoms. The van der Waals surface area contributed by atoms with Crippen molar-refractivity contribution < 1.29 is 13.2 Å². The standard InChI is InChI=1S/C13H17BrN2O3S/c1-13(2,9-4-5-9)16-12(17)8-3-6-10(14)11(7-8)20(15,18)19/h3,6-7,9H,4-5H2,1-2H3,(H,16,17)(H2,15,18,19). The molecule has 1 amide bonds. The summed E-state index contributed by atoms with van der Waals surface area (Å²) in [7, 11) is -3.86. The Morgan fingerprint density at radius 2 is 2.00 bits per heavy atom. The number of carbonyl (C=O) groups excluding carboxylic acids is 1. The molecule has 20 heavy (non-hydrogen) atoms. The SMILES string of the molecule is CC(C)(NC(=O)c1ccc(Br)c(S(N)(=O)=O)c1)C1CC1. The molecule has 1 aliphatic rings. The molecule has 5 nitrogen and oxygen atoms in total. The summed E-state index contributed by atoms with van der Waals surface area (Å²) in [4.78, 5) is 12.1. The summed E-state index contributed by atoms with van der Waals surface area (Å²) in [5.41, 5.74) is -0.00252. The van der Waals surface area contributed by atoms with Crippen molar-refractivity contribution in [3.63, 3.8) is 0 Å². The third-order valence-corrected chi connectivity index (χ3v) is 5.44. The van der Waals surface area contributed by atoms with Gasteiger partial charge in [0.1, 0.15) is 0 Å². The number of sulfonamides is 1. The van der Waals surface area contributed by atoms with Crippen LogP contribution in [0.1, 0.15) is 37.0 Å². The first-order valence-electron chi connectivity index (χ1n) is 6.26. The molecule has 0 radical (unpaired) electrons. The highest BCUT2D eigenvalue weighted by Crippen LogP contribution is 2.39. The van der Waals surface area contributed by atoms with E-state index in [0.29, 0.717) is 10.4 Å². The maximum Gasteiger partial charge on any atom is 0.251 e. The molecule has 1 saturated carbocycles. The Labute approximate surface area is 127 Å². The number of amides is 1. The summed E-state index contributed by atoms with van der Waals surface area (Å²) in [6, 6.07) is 4.37. The molecule has 1 aromatic rings. The smallest absolute Gasteiger partial charge is 0.251 e. The van der Waals surface area contributed by atoms with Crippen molar-refractivity contribution in [2.45, 2.75) is 37.1 Å². The Balaban J connectivity index is 2.27. The van der Waals surface area contributed by atoms with E-state index in [4.69, 9.17) is 5.14 Å². The van der Waals surface area contributed by atoms with Crippen LogP contribution >= 0.6 is 15.9 Å². The Hall–Kier alpha value is -0.920. The van der Waals surface area contributed by atoms with Crippen LogP contribution in [0, 0.1) is 5.92 Å². The van der Waals surface area contributed by atoms with Crippen LogP contribution in [0.15, 0.2) is 27.6 Å². The Morgan fingerprint density at radius 3 is 2.50 bits per heavy atom. The van der Waals surface area contributed by atoms with E-state index >= 15 is 0 Å². The number of carbonyl (C=O) groups is 1. The van der Waals surface area contributed by atoms with Gasteiger partial charge in [-0.15, -0.1) is 0 Å². The normalized spacial score (nSPS) is 16.0. The minimum atomic E-state index is -3.86. The Morgan fingerprint density at radius 1 is 1.40 bits per heavy atom. The van der Waals surface area contributed by atoms with Crippen LogP contribution in [0.3, 0.4) is 0 Å². The molecule has 0 spiro atoms. The van der Waals surface area contributed by atoms with Crippen LogP contribution in [-0.4, -0.2) is 19.9 Å². The summed E-state index contributed by atoms with van der Waals surface area (Å²) in [5.74, 6) is 0.193. The number of halogens is 1. The Bertz CT molecular complexity index is 652. The van der Waals surface area contributed by atoms with E-state index in [1.54, 1.807) is 6.07 Å². The van der Waals surface area contributed by atoms with Crippen molar-refractivity contribution in [3.8, 4) is 0 Å². The molecule has 110 valence electrons. The third-order valence-electron chi connectivity index (χ3n) is 3.53. The highest BCUT2D eigenvalue weighted by molar-refractivity contribution is 9.10. The van der Waals surface area contributed by atoms with E-state index in [1.165, 1.54) is 12.1 Å². The van der Waals surface area contributed by atoms with E-state index in [2.05, 4.69) is 21.2 Å². The van der Waals surface area contributed by atoms with Gasteiger partial charge in [-0.05, 0) is 66.7 Å². The fourth-order valence-electron chi connectivity index (χ4n) is 2.13. The zero-order valence-electron chi connectivity index (χ0n) is 11.3. The van der Waals surface area contributed by atoms with Crippen LogP contribution in [0.5, 0.6) is 0 Å². The molecule has 2 rings (SSSR count). The largest absolute Gasteiger partial charge is 0.347 e. The van der Waals surface area contributed by atoms with E-state index in [-0.39, 0.29) is 21.9 Å². The maximum atomic E-state index is 12.2. The zero-order chi connectivity index (χ0) is 15.1. The lowest BCUT2D eigenvalue weighted by Crippen LogP contribution is -2.45. The fraction of sp³-hybridized carbons (Fsp3) is 0.462. The number of hydrogen-bond acceptors (Lipinski definition) is 3. The van der Waals surface area contributed by atoms with Crippen LogP contribution in [-0.2, 0) is 10.0 Å². The van der Waals surface area contributed by atoms with Gasteiger partial charge in [-0.25, -0.2) is 13.6 Å². The number of nitrogens with one attached hydrogen (secondary N) is 1. The second kappa shape index (κ2) is 5.13. The van der Waals surface area contributed by atoms with E-state index in [0.717, 1.165) is 12.8 Å². The lowest BCUT2D eigenvalue weighted by Gasteiger charge is -2.26. The molecule has 0 aliphatic heterocycles. The van der Waals surface area contributed by atoms with E-state index in [1.807, 2.05) is 13.8 Å². The molecule has 0 unspecified atom stereocenters. The Kier molecular flexibility index (Phi) is 3.96. The number of primary sulfonamides is 1. The third kappa shape index (κ3) is 3.39. The number of benzene rings is 1. The van der Waals surface area contributed by atoms with Crippen molar-refractivity contribution in [2.24, 2.45) is 11.1 Å². The number of nitrogens with two attached hydrogens (primary N) is 1. The van der Waals surface area contributed by atoms with Gasteiger partial charge < -0.3 is 5.32 Å². The maximum absolute atomic E-state index is 12.2. The monoisotopic (exact) mass is 360 g/mol. The molecular formula is C13H17BrN2O3S. The second-order valence-corrected chi connectivity index (χ2v) is 8.02. The lowest BCUT2D eigenvalue weighted by molar-refractivity contribution is 0.0903. The first kappa shape index (κ1) is 15.5. The topological polar surface area (TPSA) is 89.3 Å². The molecule has 0 bridgehead atoms. The van der Waals surface area contributed by atoms with Gasteiger partial charge in [-0.2, -0.15) is 0 Å². The molecule has 0 saturated heterocycles. The predicted octanol–water partition coefficient (Wildman–Crippen LogP) is 2.01. The van der Waals surface area contributed by atoms with Crippen molar-refractivity contribution in [2.75, 3.05) is 0 Å². The molecular weight excluding hydrogens is 344 g/mol. The summed E-state index contributed by atoms with van der Waals surface area (Å²) in [5, 5.41) is 8.07. The van der Waals surface area contributed by atoms with Crippen molar-refractivity contribution in [1.82, 2.24) is 5.32 Å². The first-order chi connectivity index (χ1) is 9.11. The van der Waals surface area contributed by atoms with Crippen molar-refractivity contribution >= 4 is 31.9 Å². The summed E-state index contributed by atoms with van der Waals surface area (Å²) >= 11 is 3.12. The van der Waals surface area contributed by atoms with Gasteiger partial charge in [0.2, 0.25) is 10.0 Å². The molecule has 1 fully saturated rings. The fourth-order valence-corrected chi connectivity index (χ4v) is 3.69. The van der Waals surface area contributed by atoms with Gasteiger partial charge in [-0.3, -0.25) is 4.79 Å². The molecule has 3 N–H and O–H groups in total. The second-order valence-electron chi connectivity index (χ2n) is 5.64. The average molecular weight is 361 g/mol. The van der Waals surface area contributed by atoms with E-state index < -0.39 is 10.0 Å².